The Morgan fingerprint density at radius 2 is 1.62 bits per heavy atom. The number of hydrogen-bond donors (Lipinski definition) is 3. The lowest BCUT2D eigenvalue weighted by molar-refractivity contribution is -0.192. The molecule has 78 valence electrons. The second kappa shape index (κ2) is 6.09. The summed E-state index contributed by atoms with van der Waals surface area (Å²) in [5.41, 5.74) is 0. The lowest BCUT2D eigenvalue weighted by Crippen LogP contribution is -2.21. The molecule has 0 aromatic heterocycles. The standard InChI is InChI=1S/C3H7NO2.C2HF3O2/c1-2-4-3(5)6;3-2(4,5)1(6)7/h4H,2H2,1H3,(H,5,6);(H,6,7). The molecule has 0 aliphatic carbocycles. The zero-order chi connectivity index (χ0) is 11.1. The van der Waals surface area contributed by atoms with Crippen molar-refractivity contribution < 1.29 is 33.0 Å². The monoisotopic (exact) mass is 203 g/mol. The van der Waals surface area contributed by atoms with Crippen LogP contribution in [0.25, 0.3) is 0 Å². The van der Waals surface area contributed by atoms with Crippen LogP contribution >= 0.6 is 0 Å². The number of carboxylic acids is 1. The molecule has 0 saturated carbocycles. The number of hydrogen-bond acceptors (Lipinski definition) is 2. The van der Waals surface area contributed by atoms with Gasteiger partial charge >= 0.3 is 18.2 Å². The number of carbonyl (C=O) groups is 2. The Bertz CT molecular complexity index is 179. The van der Waals surface area contributed by atoms with Gasteiger partial charge < -0.3 is 15.5 Å². The Morgan fingerprint density at radius 3 is 1.62 bits per heavy atom. The molecule has 8 heteroatoms. The third-order valence-electron chi connectivity index (χ3n) is 0.571. The number of halogens is 3. The molecule has 0 aliphatic rings. The summed E-state index contributed by atoms with van der Waals surface area (Å²) in [6.07, 6.45) is -6.04. The molecular formula is C5H8F3NO4. The van der Waals surface area contributed by atoms with Gasteiger partial charge in [0.2, 0.25) is 0 Å². The van der Waals surface area contributed by atoms with Crippen molar-refractivity contribution in [3.05, 3.63) is 0 Å². The summed E-state index contributed by atoms with van der Waals surface area (Å²) >= 11 is 0. The fourth-order valence-electron chi connectivity index (χ4n) is 0.151. The molecule has 0 fully saturated rings. The highest BCUT2D eigenvalue weighted by Crippen LogP contribution is 2.13. The van der Waals surface area contributed by atoms with Crippen LogP contribution in [0.2, 0.25) is 0 Å². The summed E-state index contributed by atoms with van der Waals surface area (Å²) in [5.74, 6) is -2.76. The first-order valence-corrected chi connectivity index (χ1v) is 2.98. The van der Waals surface area contributed by atoms with Crippen molar-refractivity contribution in [2.45, 2.75) is 13.1 Å². The van der Waals surface area contributed by atoms with Gasteiger partial charge in [0, 0.05) is 6.54 Å². The SMILES string of the molecule is CCNC(=O)O.O=C(O)C(F)(F)F. The highest BCUT2D eigenvalue weighted by molar-refractivity contribution is 5.73. The minimum absolute atomic E-state index is 0.481. The molecule has 5 nitrogen and oxygen atoms in total. The van der Waals surface area contributed by atoms with E-state index in [4.69, 9.17) is 15.0 Å². The minimum Gasteiger partial charge on any atom is -0.475 e. The molecule has 0 radical (unpaired) electrons. The Kier molecular flexibility index (Phi) is 6.60. The molecular weight excluding hydrogens is 195 g/mol. The fraction of sp³-hybridized carbons (Fsp3) is 0.600. The van der Waals surface area contributed by atoms with Crippen molar-refractivity contribution in [2.75, 3.05) is 6.54 Å². The normalized spacial score (nSPS) is 9.54. The van der Waals surface area contributed by atoms with Crippen LogP contribution < -0.4 is 5.32 Å². The molecule has 0 saturated heterocycles. The van der Waals surface area contributed by atoms with Gasteiger partial charge in [-0.1, -0.05) is 0 Å². The smallest absolute Gasteiger partial charge is 0.475 e. The van der Waals surface area contributed by atoms with Gasteiger partial charge in [0.1, 0.15) is 0 Å². The molecule has 0 aliphatic heterocycles. The van der Waals surface area contributed by atoms with Crippen molar-refractivity contribution in [1.29, 1.82) is 0 Å². The number of amides is 1. The molecule has 3 N–H and O–H groups in total. The zero-order valence-electron chi connectivity index (χ0n) is 6.55. The van der Waals surface area contributed by atoms with Crippen LogP contribution in [0, 0.1) is 0 Å². The maximum absolute atomic E-state index is 10.6. The van der Waals surface area contributed by atoms with E-state index in [-0.39, 0.29) is 0 Å². The van der Waals surface area contributed by atoms with E-state index in [9.17, 15) is 18.0 Å². The summed E-state index contributed by atoms with van der Waals surface area (Å²) in [4.78, 5) is 18.4. The van der Waals surface area contributed by atoms with E-state index in [1.165, 1.54) is 0 Å². The number of rotatable bonds is 1. The van der Waals surface area contributed by atoms with Crippen molar-refractivity contribution in [3.8, 4) is 0 Å². The maximum atomic E-state index is 10.6. The van der Waals surface area contributed by atoms with Gasteiger partial charge in [0.15, 0.2) is 0 Å². The van der Waals surface area contributed by atoms with Crippen molar-refractivity contribution in [2.24, 2.45) is 0 Å². The van der Waals surface area contributed by atoms with E-state index < -0.39 is 18.2 Å². The van der Waals surface area contributed by atoms with E-state index in [0.717, 1.165) is 0 Å². The number of nitrogens with one attached hydrogen (secondary N) is 1. The van der Waals surface area contributed by atoms with E-state index in [1.807, 2.05) is 0 Å². The van der Waals surface area contributed by atoms with E-state index in [1.54, 1.807) is 6.92 Å². The number of carboxylic acid groups (broad SMARTS) is 2. The molecule has 0 rings (SSSR count). The average Bonchev–Trinajstić information content (AvgIpc) is 1.85. The van der Waals surface area contributed by atoms with Gasteiger partial charge in [-0.15, -0.1) is 0 Å². The Morgan fingerprint density at radius 1 is 1.31 bits per heavy atom. The molecule has 0 heterocycles. The third-order valence-corrected chi connectivity index (χ3v) is 0.571. The quantitative estimate of drug-likeness (QED) is 0.591. The Labute approximate surface area is 71.2 Å². The third kappa shape index (κ3) is 13.5. The van der Waals surface area contributed by atoms with Crippen molar-refractivity contribution in [1.82, 2.24) is 5.32 Å². The topological polar surface area (TPSA) is 86.6 Å². The number of aliphatic carboxylic acids is 1. The Hall–Kier alpha value is -1.47. The molecule has 0 spiro atoms. The van der Waals surface area contributed by atoms with Crippen LogP contribution in [0.1, 0.15) is 6.92 Å². The largest absolute Gasteiger partial charge is 0.490 e. The lowest BCUT2D eigenvalue weighted by atomic mass is 10.7. The van der Waals surface area contributed by atoms with E-state index in [2.05, 4.69) is 5.32 Å². The van der Waals surface area contributed by atoms with Gasteiger partial charge in [0.25, 0.3) is 0 Å². The average molecular weight is 203 g/mol. The second-order valence-corrected chi connectivity index (χ2v) is 1.64. The molecule has 0 unspecified atom stereocenters. The van der Waals surface area contributed by atoms with Crippen LogP contribution in [-0.4, -0.2) is 35.0 Å². The molecule has 0 atom stereocenters. The Balaban J connectivity index is 0. The first-order valence-electron chi connectivity index (χ1n) is 2.98. The predicted octanol–water partition coefficient (Wildman–Crippen LogP) is 0.907. The molecule has 13 heavy (non-hydrogen) atoms. The van der Waals surface area contributed by atoms with Crippen LogP contribution in [0.3, 0.4) is 0 Å². The molecule has 0 aromatic carbocycles. The predicted molar refractivity (Wildman–Crippen MR) is 35.4 cm³/mol. The summed E-state index contributed by atoms with van der Waals surface area (Å²) in [5, 5.41) is 17.1. The summed E-state index contributed by atoms with van der Waals surface area (Å²) in [7, 11) is 0. The summed E-state index contributed by atoms with van der Waals surface area (Å²) in [6, 6.07) is 0. The van der Waals surface area contributed by atoms with Crippen LogP contribution in [-0.2, 0) is 4.79 Å². The molecule has 1 amide bonds. The first kappa shape index (κ1) is 14.1. The lowest BCUT2D eigenvalue weighted by Gasteiger charge is -1.93. The zero-order valence-corrected chi connectivity index (χ0v) is 6.55. The summed E-state index contributed by atoms with van der Waals surface area (Å²) in [6.45, 7) is 2.21. The van der Waals surface area contributed by atoms with Crippen molar-refractivity contribution >= 4 is 12.1 Å². The van der Waals surface area contributed by atoms with Gasteiger partial charge in [-0.3, -0.25) is 0 Å². The van der Waals surface area contributed by atoms with Crippen LogP contribution in [0.5, 0.6) is 0 Å². The van der Waals surface area contributed by atoms with Gasteiger partial charge in [-0.2, -0.15) is 13.2 Å². The summed E-state index contributed by atoms with van der Waals surface area (Å²) < 4.78 is 31.7. The van der Waals surface area contributed by atoms with Gasteiger partial charge in [0.05, 0.1) is 0 Å². The number of alkyl halides is 3. The van der Waals surface area contributed by atoms with E-state index >= 15 is 0 Å². The molecule has 0 aromatic rings. The van der Waals surface area contributed by atoms with Crippen molar-refractivity contribution in [3.63, 3.8) is 0 Å². The minimum atomic E-state index is -5.08. The van der Waals surface area contributed by atoms with Crippen LogP contribution in [0.15, 0.2) is 0 Å². The highest BCUT2D eigenvalue weighted by Gasteiger charge is 2.38. The van der Waals surface area contributed by atoms with E-state index in [0.29, 0.717) is 6.54 Å². The second-order valence-electron chi connectivity index (χ2n) is 1.64. The van der Waals surface area contributed by atoms with Gasteiger partial charge in [-0.25, -0.2) is 9.59 Å². The fourth-order valence-corrected chi connectivity index (χ4v) is 0.151. The maximum Gasteiger partial charge on any atom is 0.490 e. The van der Waals surface area contributed by atoms with Crippen LogP contribution in [0.4, 0.5) is 18.0 Å². The first-order chi connectivity index (χ1) is 5.71. The van der Waals surface area contributed by atoms with Gasteiger partial charge in [-0.05, 0) is 6.92 Å². The molecule has 0 bridgehead atoms. The highest BCUT2D eigenvalue weighted by atomic mass is 19.4.